The highest BCUT2D eigenvalue weighted by Gasteiger charge is 2.43. The van der Waals surface area contributed by atoms with E-state index in [-0.39, 0.29) is 29.6 Å². The number of amides is 1. The molecular weight excluding hydrogens is 311 g/mol. The zero-order chi connectivity index (χ0) is 16.4. The van der Waals surface area contributed by atoms with E-state index in [0.29, 0.717) is 6.54 Å². The Kier molecular flexibility index (Phi) is 4.78. The number of hydrogen-bond acceptors (Lipinski definition) is 3. The fraction of sp³-hybridized carbons (Fsp3) is 0.389. The number of benzene rings is 1. The third-order valence-electron chi connectivity index (χ3n) is 4.39. The summed E-state index contributed by atoms with van der Waals surface area (Å²) in [6.07, 6.45) is 0.850. The predicted molar refractivity (Wildman–Crippen MR) is 91.0 cm³/mol. The molecule has 0 saturated heterocycles. The minimum absolute atomic E-state index is 0.0200. The van der Waals surface area contributed by atoms with Crippen molar-refractivity contribution in [2.75, 3.05) is 20.6 Å². The Morgan fingerprint density at radius 3 is 2.70 bits per heavy atom. The van der Waals surface area contributed by atoms with E-state index in [4.69, 9.17) is 0 Å². The van der Waals surface area contributed by atoms with Gasteiger partial charge in [0.1, 0.15) is 5.82 Å². The molecule has 1 amide bonds. The van der Waals surface area contributed by atoms with Crippen LogP contribution in [-0.4, -0.2) is 31.4 Å². The molecule has 3 atom stereocenters. The highest BCUT2D eigenvalue weighted by atomic mass is 32.1. The van der Waals surface area contributed by atoms with Crippen LogP contribution in [0.5, 0.6) is 0 Å². The van der Waals surface area contributed by atoms with Crippen LogP contribution in [0.4, 0.5) is 4.39 Å². The van der Waals surface area contributed by atoms with Crippen LogP contribution < -0.4 is 5.32 Å². The first kappa shape index (κ1) is 16.1. The van der Waals surface area contributed by atoms with Crippen LogP contribution in [-0.2, 0) is 4.79 Å². The highest BCUT2D eigenvalue weighted by Crippen LogP contribution is 2.47. The zero-order valence-corrected chi connectivity index (χ0v) is 14.1. The van der Waals surface area contributed by atoms with Gasteiger partial charge in [-0.25, -0.2) is 4.39 Å². The molecule has 0 aliphatic heterocycles. The minimum Gasteiger partial charge on any atom is -0.354 e. The Morgan fingerprint density at radius 1 is 1.35 bits per heavy atom. The van der Waals surface area contributed by atoms with E-state index in [2.05, 4.69) is 21.7 Å². The van der Waals surface area contributed by atoms with Crippen LogP contribution in [0.3, 0.4) is 0 Å². The Labute approximate surface area is 140 Å². The van der Waals surface area contributed by atoms with Crippen LogP contribution in [0.15, 0.2) is 41.8 Å². The Morgan fingerprint density at radius 2 is 2.09 bits per heavy atom. The molecule has 1 heterocycles. The fourth-order valence-electron chi connectivity index (χ4n) is 2.91. The Bertz CT molecular complexity index is 654. The summed E-state index contributed by atoms with van der Waals surface area (Å²) in [4.78, 5) is 15.7. The molecule has 1 saturated carbocycles. The first-order valence-electron chi connectivity index (χ1n) is 7.79. The highest BCUT2D eigenvalue weighted by molar-refractivity contribution is 7.10. The smallest absolute Gasteiger partial charge is 0.223 e. The van der Waals surface area contributed by atoms with Crippen molar-refractivity contribution >= 4 is 17.2 Å². The minimum atomic E-state index is -0.236. The molecule has 1 N–H and O–H groups in total. The second-order valence-electron chi connectivity index (χ2n) is 6.24. The van der Waals surface area contributed by atoms with Crippen molar-refractivity contribution in [2.24, 2.45) is 5.92 Å². The van der Waals surface area contributed by atoms with Crippen molar-refractivity contribution in [3.8, 4) is 0 Å². The molecule has 3 unspecified atom stereocenters. The van der Waals surface area contributed by atoms with Gasteiger partial charge in [0.05, 0.1) is 6.04 Å². The van der Waals surface area contributed by atoms with Crippen molar-refractivity contribution in [1.82, 2.24) is 10.2 Å². The number of nitrogens with zero attached hydrogens (tertiary/aromatic N) is 1. The largest absolute Gasteiger partial charge is 0.354 e. The number of hydrogen-bond donors (Lipinski definition) is 1. The normalized spacial score (nSPS) is 21.2. The first-order chi connectivity index (χ1) is 11.1. The molecule has 1 aromatic heterocycles. The number of nitrogens with one attached hydrogen (secondary N) is 1. The molecule has 3 rings (SSSR count). The van der Waals surface area contributed by atoms with Gasteiger partial charge in [0.25, 0.3) is 0 Å². The second kappa shape index (κ2) is 6.81. The molecule has 122 valence electrons. The number of rotatable bonds is 6. The SMILES string of the molecule is CN(C)C(CNC(=O)C1CC1c1ccc(F)cc1)c1cccs1. The zero-order valence-electron chi connectivity index (χ0n) is 13.3. The summed E-state index contributed by atoms with van der Waals surface area (Å²) in [5, 5.41) is 5.13. The van der Waals surface area contributed by atoms with Gasteiger partial charge in [-0.3, -0.25) is 4.79 Å². The van der Waals surface area contributed by atoms with Gasteiger partial charge < -0.3 is 10.2 Å². The standard InChI is InChI=1S/C18H21FN2OS/c1-21(2)16(17-4-3-9-23-17)11-20-18(22)15-10-14(15)12-5-7-13(19)8-6-12/h3-9,14-16H,10-11H2,1-2H3,(H,20,22). The van der Waals surface area contributed by atoms with E-state index in [0.717, 1.165) is 12.0 Å². The maximum absolute atomic E-state index is 13.0. The Balaban J connectivity index is 1.55. The number of halogens is 1. The van der Waals surface area contributed by atoms with Gasteiger partial charge in [0.2, 0.25) is 5.91 Å². The summed E-state index contributed by atoms with van der Waals surface area (Å²) in [7, 11) is 4.05. The van der Waals surface area contributed by atoms with E-state index in [1.165, 1.54) is 17.0 Å². The quantitative estimate of drug-likeness (QED) is 0.879. The van der Waals surface area contributed by atoms with Crippen LogP contribution in [0.25, 0.3) is 0 Å². The molecule has 3 nitrogen and oxygen atoms in total. The lowest BCUT2D eigenvalue weighted by molar-refractivity contribution is -0.122. The van der Waals surface area contributed by atoms with Gasteiger partial charge in [-0.15, -0.1) is 11.3 Å². The number of likely N-dealkylation sites (N-methyl/N-ethyl adjacent to an activating group) is 1. The van der Waals surface area contributed by atoms with E-state index < -0.39 is 0 Å². The van der Waals surface area contributed by atoms with Crippen molar-refractivity contribution in [3.63, 3.8) is 0 Å². The van der Waals surface area contributed by atoms with Gasteiger partial charge in [-0.1, -0.05) is 18.2 Å². The van der Waals surface area contributed by atoms with Gasteiger partial charge in [0.15, 0.2) is 0 Å². The topological polar surface area (TPSA) is 32.3 Å². The molecule has 23 heavy (non-hydrogen) atoms. The lowest BCUT2D eigenvalue weighted by atomic mass is 10.1. The summed E-state index contributed by atoms with van der Waals surface area (Å²) in [5.41, 5.74) is 1.05. The summed E-state index contributed by atoms with van der Waals surface area (Å²) in [5.74, 6) is 0.115. The lowest BCUT2D eigenvalue weighted by Crippen LogP contribution is -2.35. The summed E-state index contributed by atoms with van der Waals surface area (Å²) < 4.78 is 13.0. The lowest BCUT2D eigenvalue weighted by Gasteiger charge is -2.23. The molecule has 1 aliphatic rings. The summed E-state index contributed by atoms with van der Waals surface area (Å²) in [6.45, 7) is 0.610. The average Bonchev–Trinajstić information content (AvgIpc) is 3.15. The molecular formula is C18H21FN2OS. The molecule has 2 aromatic rings. The van der Waals surface area contributed by atoms with Gasteiger partial charge in [-0.05, 0) is 55.6 Å². The van der Waals surface area contributed by atoms with Gasteiger partial charge >= 0.3 is 0 Å². The summed E-state index contributed by atoms with van der Waals surface area (Å²) >= 11 is 1.71. The molecule has 0 radical (unpaired) electrons. The molecule has 0 spiro atoms. The molecule has 1 aliphatic carbocycles. The maximum Gasteiger partial charge on any atom is 0.223 e. The van der Waals surface area contributed by atoms with E-state index in [9.17, 15) is 9.18 Å². The Hall–Kier alpha value is -1.72. The third-order valence-corrected chi connectivity index (χ3v) is 5.36. The van der Waals surface area contributed by atoms with Crippen LogP contribution in [0, 0.1) is 11.7 Å². The van der Waals surface area contributed by atoms with Crippen LogP contribution in [0.1, 0.15) is 28.8 Å². The fourth-order valence-corrected chi connectivity index (χ4v) is 3.83. The summed E-state index contributed by atoms with van der Waals surface area (Å²) in [6, 6.07) is 10.8. The number of thiophene rings is 1. The molecule has 0 bridgehead atoms. The van der Waals surface area contributed by atoms with Gasteiger partial charge in [-0.2, -0.15) is 0 Å². The predicted octanol–water partition coefficient (Wildman–Crippen LogP) is 3.41. The van der Waals surface area contributed by atoms with Crippen molar-refractivity contribution in [2.45, 2.75) is 18.4 Å². The average molecular weight is 332 g/mol. The van der Waals surface area contributed by atoms with Crippen molar-refractivity contribution in [3.05, 3.63) is 58.0 Å². The van der Waals surface area contributed by atoms with E-state index in [1.54, 1.807) is 23.5 Å². The van der Waals surface area contributed by atoms with Crippen molar-refractivity contribution in [1.29, 1.82) is 0 Å². The van der Waals surface area contributed by atoms with Crippen LogP contribution in [0.2, 0.25) is 0 Å². The number of carbonyl (C=O) groups is 1. The van der Waals surface area contributed by atoms with E-state index in [1.807, 2.05) is 20.2 Å². The maximum atomic E-state index is 13.0. The van der Waals surface area contributed by atoms with Gasteiger partial charge in [0, 0.05) is 17.3 Å². The molecule has 1 fully saturated rings. The van der Waals surface area contributed by atoms with E-state index >= 15 is 0 Å². The first-order valence-corrected chi connectivity index (χ1v) is 8.67. The van der Waals surface area contributed by atoms with Crippen molar-refractivity contribution < 1.29 is 9.18 Å². The molecule has 1 aromatic carbocycles. The van der Waals surface area contributed by atoms with Crippen LogP contribution >= 0.6 is 11.3 Å². The monoisotopic (exact) mass is 332 g/mol. The molecule has 5 heteroatoms. The number of carbonyl (C=O) groups excluding carboxylic acids is 1. The third kappa shape index (κ3) is 3.79. The second-order valence-corrected chi connectivity index (χ2v) is 7.22.